The lowest BCUT2D eigenvalue weighted by Gasteiger charge is -2.39. The molecule has 1 atom stereocenters. The number of aryl methyl sites for hydroxylation is 1. The van der Waals surface area contributed by atoms with Crippen molar-refractivity contribution in [2.24, 2.45) is 0 Å². The number of hydrogen-bond donors (Lipinski definition) is 1. The van der Waals surface area contributed by atoms with Crippen molar-refractivity contribution in [1.29, 1.82) is 0 Å². The first-order valence-corrected chi connectivity index (χ1v) is 11.3. The van der Waals surface area contributed by atoms with Crippen LogP contribution in [-0.4, -0.2) is 72.3 Å². The van der Waals surface area contributed by atoms with Crippen LogP contribution in [0.1, 0.15) is 30.0 Å². The van der Waals surface area contributed by atoms with Gasteiger partial charge in [0.05, 0.1) is 6.54 Å². The van der Waals surface area contributed by atoms with E-state index in [1.54, 1.807) is 0 Å². The van der Waals surface area contributed by atoms with Crippen molar-refractivity contribution in [2.45, 2.75) is 25.8 Å². The van der Waals surface area contributed by atoms with Crippen molar-refractivity contribution in [3.8, 4) is 0 Å². The number of likely N-dealkylation sites (tertiary alicyclic amines) is 1. The zero-order valence-corrected chi connectivity index (χ0v) is 18.3. The minimum atomic E-state index is -0.348. The summed E-state index contributed by atoms with van der Waals surface area (Å²) >= 11 is 0. The van der Waals surface area contributed by atoms with Crippen LogP contribution in [0.3, 0.4) is 0 Å². The minimum Gasteiger partial charge on any atom is -0.342 e. The van der Waals surface area contributed by atoms with E-state index in [-0.39, 0.29) is 17.9 Å². The molecule has 1 N–H and O–H groups in total. The molecule has 31 heavy (non-hydrogen) atoms. The van der Waals surface area contributed by atoms with E-state index in [2.05, 4.69) is 15.1 Å². The fourth-order valence-corrected chi connectivity index (χ4v) is 4.45. The van der Waals surface area contributed by atoms with Crippen molar-refractivity contribution in [2.75, 3.05) is 51.1 Å². The summed E-state index contributed by atoms with van der Waals surface area (Å²) in [5.41, 5.74) is 2.97. The highest BCUT2D eigenvalue weighted by Crippen LogP contribution is 2.24. The molecule has 2 fully saturated rings. The first-order valence-electron chi connectivity index (χ1n) is 11.3. The Balaban J connectivity index is 1.41. The van der Waals surface area contributed by atoms with Crippen molar-refractivity contribution in [3.05, 3.63) is 65.7 Å². The largest absolute Gasteiger partial charge is 0.342 e. The van der Waals surface area contributed by atoms with Crippen LogP contribution < -0.4 is 5.32 Å². The lowest BCUT2D eigenvalue weighted by molar-refractivity contribution is -0.132. The molecular formula is C25H32N4O2. The van der Waals surface area contributed by atoms with Crippen LogP contribution in [0, 0.1) is 6.92 Å². The van der Waals surface area contributed by atoms with Crippen LogP contribution in [0.4, 0.5) is 5.69 Å². The lowest BCUT2D eigenvalue weighted by atomic mass is 10.0. The summed E-state index contributed by atoms with van der Waals surface area (Å²) in [7, 11) is 0. The highest BCUT2D eigenvalue weighted by molar-refractivity contribution is 5.95. The minimum absolute atomic E-state index is 0.0170. The number of hydrogen-bond acceptors (Lipinski definition) is 4. The maximum atomic E-state index is 13.3. The summed E-state index contributed by atoms with van der Waals surface area (Å²) in [6, 6.07) is 17.5. The van der Waals surface area contributed by atoms with Crippen molar-refractivity contribution < 1.29 is 9.59 Å². The van der Waals surface area contributed by atoms with Gasteiger partial charge in [0.25, 0.3) is 0 Å². The van der Waals surface area contributed by atoms with E-state index in [0.29, 0.717) is 6.54 Å². The molecule has 6 nitrogen and oxygen atoms in total. The Morgan fingerprint density at radius 3 is 2.16 bits per heavy atom. The van der Waals surface area contributed by atoms with Crippen LogP contribution >= 0.6 is 0 Å². The summed E-state index contributed by atoms with van der Waals surface area (Å²) in [4.78, 5) is 32.2. The molecule has 2 amide bonds. The van der Waals surface area contributed by atoms with Gasteiger partial charge in [0.2, 0.25) is 11.8 Å². The molecule has 2 aliphatic heterocycles. The van der Waals surface area contributed by atoms with E-state index in [0.717, 1.165) is 68.9 Å². The summed E-state index contributed by atoms with van der Waals surface area (Å²) in [6.07, 6.45) is 2.24. The molecule has 0 unspecified atom stereocenters. The molecule has 0 bridgehead atoms. The van der Waals surface area contributed by atoms with Crippen LogP contribution in [0.2, 0.25) is 0 Å². The van der Waals surface area contributed by atoms with Crippen molar-refractivity contribution in [3.63, 3.8) is 0 Å². The summed E-state index contributed by atoms with van der Waals surface area (Å²) in [5.74, 6) is 0.222. The maximum absolute atomic E-state index is 13.3. The Morgan fingerprint density at radius 2 is 1.52 bits per heavy atom. The topological polar surface area (TPSA) is 55.9 Å². The lowest BCUT2D eigenvalue weighted by Crippen LogP contribution is -2.52. The number of nitrogens with zero attached hydrogens (tertiary/aromatic N) is 3. The van der Waals surface area contributed by atoms with Gasteiger partial charge in [-0.2, -0.15) is 0 Å². The molecule has 6 heteroatoms. The predicted octanol–water partition coefficient (Wildman–Crippen LogP) is 2.91. The van der Waals surface area contributed by atoms with Crippen molar-refractivity contribution in [1.82, 2.24) is 14.7 Å². The van der Waals surface area contributed by atoms with Gasteiger partial charge in [-0.05, 0) is 37.5 Å². The average Bonchev–Trinajstić information content (AvgIpc) is 3.33. The van der Waals surface area contributed by atoms with E-state index in [4.69, 9.17) is 0 Å². The average molecular weight is 421 g/mol. The molecule has 0 spiro atoms. The fourth-order valence-electron chi connectivity index (χ4n) is 4.45. The zero-order chi connectivity index (χ0) is 21.6. The first kappa shape index (κ1) is 21.5. The van der Waals surface area contributed by atoms with E-state index in [1.165, 1.54) is 0 Å². The van der Waals surface area contributed by atoms with Gasteiger partial charge in [-0.1, -0.05) is 48.0 Å². The van der Waals surface area contributed by atoms with Crippen LogP contribution in [-0.2, 0) is 9.59 Å². The number of carbonyl (C=O) groups excluding carboxylic acids is 2. The molecule has 0 saturated carbocycles. The van der Waals surface area contributed by atoms with Gasteiger partial charge in [0, 0.05) is 45.0 Å². The number of nitrogens with one attached hydrogen (secondary N) is 1. The van der Waals surface area contributed by atoms with Crippen molar-refractivity contribution >= 4 is 17.5 Å². The normalized spacial score (nSPS) is 18.7. The van der Waals surface area contributed by atoms with E-state index in [1.807, 2.05) is 66.4 Å². The molecule has 2 aromatic rings. The van der Waals surface area contributed by atoms with Gasteiger partial charge in [-0.15, -0.1) is 0 Å². The van der Waals surface area contributed by atoms with Gasteiger partial charge in [-0.3, -0.25) is 19.4 Å². The first-order chi connectivity index (χ1) is 15.1. The molecular weight excluding hydrogens is 388 g/mol. The second-order valence-corrected chi connectivity index (χ2v) is 8.57. The Hall–Kier alpha value is -2.70. The summed E-state index contributed by atoms with van der Waals surface area (Å²) in [5, 5.41) is 3.09. The standard InChI is InChI=1S/C25H32N4O2/c1-20-9-11-22(12-10-20)26-25(31)24(21-7-3-2-4-8-21)29-17-15-27(16-18-29)19-23(30)28-13-5-6-14-28/h2-4,7-12,24H,5-6,13-19H2,1H3,(H,26,31)/t24-/m1/s1. The number of carbonyl (C=O) groups is 2. The second kappa shape index (κ2) is 10.1. The zero-order valence-electron chi connectivity index (χ0n) is 18.3. The number of amides is 2. The van der Waals surface area contributed by atoms with Crippen LogP contribution in [0.5, 0.6) is 0 Å². The third kappa shape index (κ3) is 5.51. The van der Waals surface area contributed by atoms with Crippen LogP contribution in [0.15, 0.2) is 54.6 Å². The summed E-state index contributed by atoms with van der Waals surface area (Å²) < 4.78 is 0. The Bertz CT molecular complexity index is 870. The molecule has 164 valence electrons. The van der Waals surface area contributed by atoms with E-state index in [9.17, 15) is 9.59 Å². The predicted molar refractivity (Wildman–Crippen MR) is 123 cm³/mol. The van der Waals surface area contributed by atoms with Gasteiger partial charge in [-0.25, -0.2) is 0 Å². The Morgan fingerprint density at radius 1 is 0.871 bits per heavy atom. The van der Waals surface area contributed by atoms with E-state index < -0.39 is 0 Å². The Labute approximate surface area is 184 Å². The summed E-state index contributed by atoms with van der Waals surface area (Å²) in [6.45, 7) is 7.41. The molecule has 0 radical (unpaired) electrons. The number of benzene rings is 2. The van der Waals surface area contributed by atoms with Gasteiger partial charge >= 0.3 is 0 Å². The van der Waals surface area contributed by atoms with Gasteiger partial charge < -0.3 is 10.2 Å². The van der Waals surface area contributed by atoms with E-state index >= 15 is 0 Å². The highest BCUT2D eigenvalue weighted by atomic mass is 16.2. The van der Waals surface area contributed by atoms with Crippen LogP contribution in [0.25, 0.3) is 0 Å². The second-order valence-electron chi connectivity index (χ2n) is 8.57. The molecule has 0 aliphatic carbocycles. The number of rotatable bonds is 6. The maximum Gasteiger partial charge on any atom is 0.246 e. The van der Waals surface area contributed by atoms with Gasteiger partial charge in [0.15, 0.2) is 0 Å². The molecule has 2 saturated heterocycles. The molecule has 2 heterocycles. The van der Waals surface area contributed by atoms with Gasteiger partial charge in [0.1, 0.15) is 6.04 Å². The smallest absolute Gasteiger partial charge is 0.246 e. The molecule has 0 aromatic heterocycles. The number of piperazine rings is 1. The number of anilines is 1. The third-order valence-corrected chi connectivity index (χ3v) is 6.27. The molecule has 4 rings (SSSR count). The quantitative estimate of drug-likeness (QED) is 0.781. The highest BCUT2D eigenvalue weighted by Gasteiger charge is 2.31. The Kier molecular flexibility index (Phi) is 6.99. The fraction of sp³-hybridized carbons (Fsp3) is 0.440. The molecule has 2 aliphatic rings. The molecule has 2 aromatic carbocycles. The monoisotopic (exact) mass is 420 g/mol. The third-order valence-electron chi connectivity index (χ3n) is 6.27. The SMILES string of the molecule is Cc1ccc(NC(=O)[C@@H](c2ccccc2)N2CCN(CC(=O)N3CCCC3)CC2)cc1.